The maximum Gasteiger partial charge on any atom is 0.237 e. The number of likely N-dealkylation sites (tertiary alicyclic amines) is 1. The lowest BCUT2D eigenvalue weighted by Gasteiger charge is -2.32. The summed E-state index contributed by atoms with van der Waals surface area (Å²) in [7, 11) is -3.37. The summed E-state index contributed by atoms with van der Waals surface area (Å²) in [5.74, 6) is -0.301. The van der Waals surface area contributed by atoms with Gasteiger partial charge in [0.2, 0.25) is 15.9 Å². The summed E-state index contributed by atoms with van der Waals surface area (Å²) in [6.45, 7) is 0.803. The second kappa shape index (κ2) is 8.99. The summed E-state index contributed by atoms with van der Waals surface area (Å²) in [6.07, 6.45) is 0.134. The van der Waals surface area contributed by atoms with Gasteiger partial charge in [-0.25, -0.2) is 17.1 Å². The molecule has 0 bridgehead atoms. The number of rotatable bonds is 6. The zero-order valence-corrected chi connectivity index (χ0v) is 16.4. The minimum Gasteiger partial charge on any atom is -0.323 e. The molecule has 2 aliphatic rings. The van der Waals surface area contributed by atoms with Gasteiger partial charge in [0.1, 0.15) is 12.2 Å². The molecule has 2 aliphatic heterocycles. The number of alkyl halides is 1. The van der Waals surface area contributed by atoms with E-state index in [1.54, 1.807) is 12.1 Å². The average Bonchev–Trinajstić information content (AvgIpc) is 3.08. The zero-order chi connectivity index (χ0) is 20.1. The van der Waals surface area contributed by atoms with E-state index in [4.69, 9.17) is 5.26 Å². The van der Waals surface area contributed by atoms with Crippen molar-refractivity contribution in [3.8, 4) is 6.07 Å². The summed E-state index contributed by atoms with van der Waals surface area (Å²) in [4.78, 5) is 13.6. The van der Waals surface area contributed by atoms with Gasteiger partial charge in [0.15, 0.2) is 0 Å². The summed E-state index contributed by atoms with van der Waals surface area (Å²) in [5.41, 5.74) is 0.761. The van der Waals surface area contributed by atoms with Crippen molar-refractivity contribution in [3.63, 3.8) is 0 Å². The van der Waals surface area contributed by atoms with E-state index in [1.807, 2.05) is 24.3 Å². The topological polar surface area (TPSA) is 93.5 Å². The van der Waals surface area contributed by atoms with Gasteiger partial charge < -0.3 is 10.2 Å². The molecule has 2 heterocycles. The molecule has 7 nitrogen and oxygen atoms in total. The molecule has 2 atom stereocenters. The molecule has 1 N–H and O–H groups in total. The molecular weight excluding hydrogens is 383 g/mol. The first-order valence-corrected chi connectivity index (χ1v) is 11.1. The van der Waals surface area contributed by atoms with Crippen molar-refractivity contribution in [1.82, 2.24) is 14.5 Å². The fraction of sp³-hybridized carbons (Fsp3) is 0.579. The quantitative estimate of drug-likeness (QED) is 0.759. The average molecular weight is 408 g/mol. The zero-order valence-electron chi connectivity index (χ0n) is 15.6. The van der Waals surface area contributed by atoms with Crippen LogP contribution in [0.15, 0.2) is 30.3 Å². The van der Waals surface area contributed by atoms with Crippen LogP contribution in [-0.2, 0) is 20.6 Å². The van der Waals surface area contributed by atoms with Gasteiger partial charge in [0.05, 0.1) is 24.9 Å². The molecule has 152 valence electrons. The van der Waals surface area contributed by atoms with E-state index in [2.05, 4.69) is 5.32 Å². The lowest BCUT2D eigenvalue weighted by Crippen LogP contribution is -2.48. The van der Waals surface area contributed by atoms with Crippen molar-refractivity contribution in [1.29, 1.82) is 5.26 Å². The van der Waals surface area contributed by atoms with Gasteiger partial charge >= 0.3 is 0 Å². The number of nitrogens with zero attached hydrogens (tertiary/aromatic N) is 3. The standard InChI is InChI=1S/C19H25FN4O3S/c20-16-10-18(11-21)24(13-16)19(25)12-22-17-6-8-23(9-7-17)28(26,27)14-15-4-2-1-3-5-15/h1-5,16-18,22H,6-10,12-14H2. The molecule has 0 saturated carbocycles. The number of sulfonamides is 1. The Morgan fingerprint density at radius 1 is 1.25 bits per heavy atom. The SMILES string of the molecule is N#CC1CC(F)CN1C(=O)CNC1CCN(S(=O)(=O)Cc2ccccc2)CC1. The highest BCUT2D eigenvalue weighted by molar-refractivity contribution is 7.88. The lowest BCUT2D eigenvalue weighted by molar-refractivity contribution is -0.130. The minimum atomic E-state index is -3.37. The molecule has 2 saturated heterocycles. The maximum absolute atomic E-state index is 13.4. The Balaban J connectivity index is 1.45. The first kappa shape index (κ1) is 20.7. The van der Waals surface area contributed by atoms with Crippen LogP contribution in [0.2, 0.25) is 0 Å². The van der Waals surface area contributed by atoms with Crippen molar-refractivity contribution in [2.45, 2.75) is 43.3 Å². The molecule has 2 fully saturated rings. The van der Waals surface area contributed by atoms with Crippen LogP contribution < -0.4 is 5.32 Å². The molecular formula is C19H25FN4O3S. The van der Waals surface area contributed by atoms with Crippen LogP contribution >= 0.6 is 0 Å². The first-order valence-electron chi connectivity index (χ1n) is 9.47. The smallest absolute Gasteiger partial charge is 0.237 e. The number of hydrogen-bond donors (Lipinski definition) is 1. The van der Waals surface area contributed by atoms with Crippen LogP contribution in [0.1, 0.15) is 24.8 Å². The van der Waals surface area contributed by atoms with E-state index in [0.29, 0.717) is 25.9 Å². The van der Waals surface area contributed by atoms with Gasteiger partial charge in [-0.05, 0) is 18.4 Å². The highest BCUT2D eigenvalue weighted by Crippen LogP contribution is 2.20. The summed E-state index contributed by atoms with van der Waals surface area (Å²) >= 11 is 0. The third kappa shape index (κ3) is 5.07. The van der Waals surface area contributed by atoms with Gasteiger partial charge in [-0.3, -0.25) is 4.79 Å². The van der Waals surface area contributed by atoms with E-state index in [-0.39, 0.29) is 37.2 Å². The summed E-state index contributed by atoms with van der Waals surface area (Å²) < 4.78 is 40.1. The molecule has 2 unspecified atom stereocenters. The third-order valence-corrected chi connectivity index (χ3v) is 7.15. The fourth-order valence-electron chi connectivity index (χ4n) is 3.73. The number of carbonyl (C=O) groups is 1. The predicted molar refractivity (Wildman–Crippen MR) is 102 cm³/mol. The van der Waals surface area contributed by atoms with Gasteiger partial charge in [0, 0.05) is 25.6 Å². The molecule has 3 rings (SSSR count). The number of halogens is 1. The maximum atomic E-state index is 13.4. The Morgan fingerprint density at radius 2 is 1.93 bits per heavy atom. The number of hydrogen-bond acceptors (Lipinski definition) is 5. The monoisotopic (exact) mass is 408 g/mol. The summed E-state index contributed by atoms with van der Waals surface area (Å²) in [6, 6.07) is 10.4. The number of amides is 1. The molecule has 1 amide bonds. The van der Waals surface area contributed by atoms with E-state index in [9.17, 15) is 17.6 Å². The predicted octanol–water partition coefficient (Wildman–Crippen LogP) is 1.03. The van der Waals surface area contributed by atoms with Crippen LogP contribution in [0, 0.1) is 11.3 Å². The van der Waals surface area contributed by atoms with Crippen molar-refractivity contribution < 1.29 is 17.6 Å². The summed E-state index contributed by atoms with van der Waals surface area (Å²) in [5, 5.41) is 12.2. The number of piperidine rings is 1. The fourth-order valence-corrected chi connectivity index (χ4v) is 5.29. The van der Waals surface area contributed by atoms with Crippen LogP contribution in [-0.4, -0.2) is 68.0 Å². The van der Waals surface area contributed by atoms with Crippen LogP contribution in [0.25, 0.3) is 0 Å². The first-order chi connectivity index (χ1) is 13.4. The second-order valence-corrected chi connectivity index (χ2v) is 9.29. The van der Waals surface area contributed by atoms with Gasteiger partial charge in [-0.1, -0.05) is 30.3 Å². The molecule has 28 heavy (non-hydrogen) atoms. The Kier molecular flexibility index (Phi) is 6.65. The van der Waals surface area contributed by atoms with Crippen molar-refractivity contribution in [2.75, 3.05) is 26.2 Å². The largest absolute Gasteiger partial charge is 0.323 e. The van der Waals surface area contributed by atoms with Crippen molar-refractivity contribution in [3.05, 3.63) is 35.9 Å². The molecule has 9 heteroatoms. The van der Waals surface area contributed by atoms with E-state index in [0.717, 1.165) is 5.56 Å². The molecule has 0 aromatic heterocycles. The van der Waals surface area contributed by atoms with E-state index >= 15 is 0 Å². The van der Waals surface area contributed by atoms with Crippen LogP contribution in [0.4, 0.5) is 4.39 Å². The van der Waals surface area contributed by atoms with E-state index in [1.165, 1.54) is 9.21 Å². The normalized spacial score (nSPS) is 24.2. The molecule has 0 radical (unpaired) electrons. The molecule has 1 aromatic carbocycles. The Morgan fingerprint density at radius 3 is 2.57 bits per heavy atom. The number of benzene rings is 1. The van der Waals surface area contributed by atoms with Crippen molar-refractivity contribution >= 4 is 15.9 Å². The highest BCUT2D eigenvalue weighted by atomic mass is 32.2. The highest BCUT2D eigenvalue weighted by Gasteiger charge is 2.35. The van der Waals surface area contributed by atoms with E-state index < -0.39 is 22.2 Å². The second-order valence-electron chi connectivity index (χ2n) is 7.32. The molecule has 1 aromatic rings. The van der Waals surface area contributed by atoms with Crippen LogP contribution in [0.3, 0.4) is 0 Å². The van der Waals surface area contributed by atoms with Gasteiger partial charge in [-0.15, -0.1) is 0 Å². The third-order valence-electron chi connectivity index (χ3n) is 5.30. The lowest BCUT2D eigenvalue weighted by atomic mass is 10.1. The Labute approximate surface area is 165 Å². The van der Waals surface area contributed by atoms with Gasteiger partial charge in [0.25, 0.3) is 0 Å². The Hall–Kier alpha value is -2.02. The molecule has 0 aliphatic carbocycles. The van der Waals surface area contributed by atoms with Gasteiger partial charge in [-0.2, -0.15) is 5.26 Å². The number of carbonyl (C=O) groups excluding carboxylic acids is 1. The van der Waals surface area contributed by atoms with Crippen molar-refractivity contribution in [2.24, 2.45) is 0 Å². The van der Waals surface area contributed by atoms with Crippen LogP contribution in [0.5, 0.6) is 0 Å². The Bertz CT molecular complexity index is 819. The number of nitrogens with one attached hydrogen (secondary N) is 1. The minimum absolute atomic E-state index is 0.0146. The number of nitriles is 1. The molecule has 0 spiro atoms.